The van der Waals surface area contributed by atoms with Crippen molar-refractivity contribution in [3.05, 3.63) is 21.9 Å². The maximum atomic E-state index is 11.9. The second-order valence-corrected chi connectivity index (χ2v) is 7.00. The van der Waals surface area contributed by atoms with Crippen molar-refractivity contribution < 1.29 is 8.42 Å². The van der Waals surface area contributed by atoms with Crippen LogP contribution < -0.4 is 4.72 Å². The Morgan fingerprint density at radius 3 is 2.69 bits per heavy atom. The first kappa shape index (κ1) is 12.3. The molecule has 1 saturated carbocycles. The maximum Gasteiger partial charge on any atom is 0.242 e. The van der Waals surface area contributed by atoms with E-state index < -0.39 is 10.0 Å². The van der Waals surface area contributed by atoms with Crippen LogP contribution in [0.15, 0.2) is 21.6 Å². The van der Waals surface area contributed by atoms with E-state index >= 15 is 0 Å². The van der Waals surface area contributed by atoms with E-state index in [4.69, 9.17) is 11.6 Å². The molecule has 1 heterocycles. The first-order valence-electron chi connectivity index (χ1n) is 4.67. The number of hydrogen-bond acceptors (Lipinski definition) is 3. The van der Waals surface area contributed by atoms with Crippen LogP contribution in [0.25, 0.3) is 0 Å². The third-order valence-electron chi connectivity index (χ3n) is 2.46. The first-order valence-corrected chi connectivity index (χ1v) is 7.33. The molecule has 1 N–H and O–H groups in total. The Morgan fingerprint density at radius 2 is 2.19 bits per heavy atom. The van der Waals surface area contributed by atoms with Gasteiger partial charge in [-0.05, 0) is 41.8 Å². The Labute approximate surface area is 108 Å². The van der Waals surface area contributed by atoms with E-state index in [2.05, 4.69) is 25.6 Å². The Kier molecular flexibility index (Phi) is 3.03. The van der Waals surface area contributed by atoms with Crippen LogP contribution in [0, 0.1) is 0 Å². The fourth-order valence-corrected chi connectivity index (χ4v) is 3.26. The van der Waals surface area contributed by atoms with Crippen molar-refractivity contribution >= 4 is 37.6 Å². The number of pyridine rings is 1. The van der Waals surface area contributed by atoms with Crippen LogP contribution in [-0.4, -0.2) is 18.9 Å². The molecule has 4 nitrogen and oxygen atoms in total. The van der Waals surface area contributed by atoms with Crippen LogP contribution in [-0.2, 0) is 10.0 Å². The zero-order valence-corrected chi connectivity index (χ0v) is 11.7. The molecule has 1 aromatic rings. The minimum atomic E-state index is -3.50. The van der Waals surface area contributed by atoms with Gasteiger partial charge in [0.25, 0.3) is 0 Å². The third-order valence-corrected chi connectivity index (χ3v) is 5.20. The monoisotopic (exact) mass is 324 g/mol. The Balaban J connectivity index is 2.32. The average Bonchev–Trinajstić information content (AvgIpc) is 2.86. The van der Waals surface area contributed by atoms with Gasteiger partial charge in [-0.1, -0.05) is 11.6 Å². The highest BCUT2D eigenvalue weighted by molar-refractivity contribution is 9.10. The number of hydrogen-bond donors (Lipinski definition) is 1. The van der Waals surface area contributed by atoms with Crippen molar-refractivity contribution in [3.63, 3.8) is 0 Å². The summed E-state index contributed by atoms with van der Waals surface area (Å²) in [6.45, 7) is 1.88. The van der Waals surface area contributed by atoms with Gasteiger partial charge in [0.05, 0.1) is 4.47 Å². The van der Waals surface area contributed by atoms with E-state index in [0.29, 0.717) is 4.47 Å². The molecule has 0 amide bonds. The lowest BCUT2D eigenvalue weighted by Gasteiger charge is -2.12. The summed E-state index contributed by atoms with van der Waals surface area (Å²) < 4.78 is 27.0. The van der Waals surface area contributed by atoms with Gasteiger partial charge in [-0.3, -0.25) is 0 Å². The highest BCUT2D eigenvalue weighted by Crippen LogP contribution is 2.36. The molecule has 0 unspecified atom stereocenters. The molecule has 1 aliphatic carbocycles. The van der Waals surface area contributed by atoms with E-state index in [1.165, 1.54) is 12.3 Å². The normalized spacial score (nSPS) is 18.4. The standard InChI is InChI=1S/C9H10BrClN2O2S/c1-9(2-3-9)13-16(14,15)6-4-7(10)8(11)12-5-6/h4-5,13H,2-3H2,1H3. The van der Waals surface area contributed by atoms with Crippen LogP contribution in [0.5, 0.6) is 0 Å². The van der Waals surface area contributed by atoms with E-state index in [0.717, 1.165) is 12.8 Å². The molecule has 88 valence electrons. The van der Waals surface area contributed by atoms with Crippen molar-refractivity contribution in [1.82, 2.24) is 9.71 Å². The fourth-order valence-electron chi connectivity index (χ4n) is 1.22. The van der Waals surface area contributed by atoms with E-state index in [1.54, 1.807) is 0 Å². The number of nitrogens with zero attached hydrogens (tertiary/aromatic N) is 1. The Morgan fingerprint density at radius 1 is 1.56 bits per heavy atom. The maximum absolute atomic E-state index is 11.9. The van der Waals surface area contributed by atoms with Crippen molar-refractivity contribution in [3.8, 4) is 0 Å². The Hall–Kier alpha value is -0.170. The van der Waals surface area contributed by atoms with Crippen LogP contribution >= 0.6 is 27.5 Å². The molecular weight excluding hydrogens is 316 g/mol. The van der Waals surface area contributed by atoms with Gasteiger partial charge in [0, 0.05) is 11.7 Å². The molecule has 0 bridgehead atoms. The minimum absolute atomic E-state index is 0.122. The van der Waals surface area contributed by atoms with Gasteiger partial charge in [-0.15, -0.1) is 0 Å². The molecule has 2 rings (SSSR count). The lowest BCUT2D eigenvalue weighted by atomic mass is 10.4. The van der Waals surface area contributed by atoms with Gasteiger partial charge in [-0.25, -0.2) is 18.1 Å². The summed E-state index contributed by atoms with van der Waals surface area (Å²) in [6, 6.07) is 1.45. The summed E-state index contributed by atoms with van der Waals surface area (Å²) in [4.78, 5) is 3.92. The molecule has 0 saturated heterocycles. The molecule has 7 heteroatoms. The highest BCUT2D eigenvalue weighted by atomic mass is 79.9. The highest BCUT2D eigenvalue weighted by Gasteiger charge is 2.41. The van der Waals surface area contributed by atoms with Crippen molar-refractivity contribution in [1.29, 1.82) is 0 Å². The lowest BCUT2D eigenvalue weighted by Crippen LogP contribution is -2.34. The van der Waals surface area contributed by atoms with Gasteiger partial charge in [0.2, 0.25) is 10.0 Å². The zero-order valence-electron chi connectivity index (χ0n) is 8.50. The molecule has 16 heavy (non-hydrogen) atoms. The van der Waals surface area contributed by atoms with Crippen LogP contribution in [0.2, 0.25) is 5.15 Å². The van der Waals surface area contributed by atoms with Gasteiger partial charge < -0.3 is 0 Å². The fraction of sp³-hybridized carbons (Fsp3) is 0.444. The molecule has 0 atom stereocenters. The predicted octanol–water partition coefficient (Wildman–Crippen LogP) is 2.33. The summed E-state index contributed by atoms with van der Waals surface area (Å²) in [5, 5.41) is 0.247. The van der Waals surface area contributed by atoms with E-state index in [9.17, 15) is 8.42 Å². The number of halogens is 2. The third kappa shape index (κ3) is 2.56. The van der Waals surface area contributed by atoms with E-state index in [1.807, 2.05) is 6.92 Å². The summed E-state index contributed by atoms with van der Waals surface area (Å²) in [5.74, 6) is 0. The van der Waals surface area contributed by atoms with Crippen molar-refractivity contribution in [2.45, 2.75) is 30.2 Å². The molecule has 1 aromatic heterocycles. The minimum Gasteiger partial charge on any atom is -0.242 e. The largest absolute Gasteiger partial charge is 0.242 e. The summed E-state index contributed by atoms with van der Waals surface area (Å²) in [6.07, 6.45) is 2.99. The molecule has 1 fully saturated rings. The van der Waals surface area contributed by atoms with Gasteiger partial charge in [0.1, 0.15) is 10.0 Å². The number of aromatic nitrogens is 1. The van der Waals surface area contributed by atoms with Crippen LogP contribution in [0.3, 0.4) is 0 Å². The molecular formula is C9H10BrClN2O2S. The summed E-state index contributed by atoms with van der Waals surface area (Å²) >= 11 is 8.85. The predicted molar refractivity (Wildman–Crippen MR) is 64.9 cm³/mol. The van der Waals surface area contributed by atoms with Gasteiger partial charge >= 0.3 is 0 Å². The number of sulfonamides is 1. The quantitative estimate of drug-likeness (QED) is 0.868. The van der Waals surface area contributed by atoms with Crippen molar-refractivity contribution in [2.24, 2.45) is 0 Å². The summed E-state index contributed by atoms with van der Waals surface area (Å²) in [5.41, 5.74) is -0.287. The molecule has 1 aliphatic rings. The van der Waals surface area contributed by atoms with Gasteiger partial charge in [0.15, 0.2) is 0 Å². The average molecular weight is 326 g/mol. The Bertz CT molecular complexity index is 528. The summed E-state index contributed by atoms with van der Waals surface area (Å²) in [7, 11) is -3.50. The SMILES string of the molecule is CC1(NS(=O)(=O)c2cnc(Cl)c(Br)c2)CC1. The van der Waals surface area contributed by atoms with Crippen LogP contribution in [0.4, 0.5) is 0 Å². The molecule has 0 aliphatic heterocycles. The number of nitrogens with one attached hydrogen (secondary N) is 1. The van der Waals surface area contributed by atoms with E-state index in [-0.39, 0.29) is 15.6 Å². The smallest absolute Gasteiger partial charge is 0.242 e. The van der Waals surface area contributed by atoms with Crippen molar-refractivity contribution in [2.75, 3.05) is 0 Å². The molecule has 0 radical (unpaired) electrons. The molecule has 0 aromatic carbocycles. The van der Waals surface area contributed by atoms with Crippen LogP contribution in [0.1, 0.15) is 19.8 Å². The molecule has 0 spiro atoms. The number of rotatable bonds is 3. The first-order chi connectivity index (χ1) is 7.32. The lowest BCUT2D eigenvalue weighted by molar-refractivity contribution is 0.557. The topological polar surface area (TPSA) is 59.1 Å². The second kappa shape index (κ2) is 3.94. The van der Waals surface area contributed by atoms with Gasteiger partial charge in [-0.2, -0.15) is 0 Å². The second-order valence-electron chi connectivity index (χ2n) is 4.11. The zero-order chi connectivity index (χ0) is 12.0.